The summed E-state index contributed by atoms with van der Waals surface area (Å²) in [4.78, 5) is 5.72. The molecule has 0 aliphatic carbocycles. The molecule has 4 heterocycles. The van der Waals surface area contributed by atoms with Crippen LogP contribution in [0.1, 0.15) is 30.9 Å². The summed E-state index contributed by atoms with van der Waals surface area (Å²) < 4.78 is 11.3. The fraction of sp³-hybridized carbons (Fsp3) is 0.0600. The molecule has 11 rings (SSSR count). The van der Waals surface area contributed by atoms with Gasteiger partial charge in [0.15, 0.2) is 0 Å². The number of allylic oxidation sites excluding steroid dienone is 3. The average molecular weight is 694 g/mol. The number of para-hydroxylation sites is 4. The van der Waals surface area contributed by atoms with E-state index in [4.69, 9.17) is 9.41 Å². The van der Waals surface area contributed by atoms with Crippen LogP contribution < -0.4 is 0 Å². The van der Waals surface area contributed by atoms with Gasteiger partial charge in [0.05, 0.1) is 27.8 Å². The van der Waals surface area contributed by atoms with E-state index in [0.717, 1.165) is 74.2 Å². The van der Waals surface area contributed by atoms with Crippen LogP contribution in [0.2, 0.25) is 0 Å². The Morgan fingerprint density at radius 2 is 1.06 bits per heavy atom. The molecule has 7 aromatic carbocycles. The van der Waals surface area contributed by atoms with Gasteiger partial charge < -0.3 is 8.98 Å². The zero-order valence-corrected chi connectivity index (χ0v) is 29.8. The predicted molar refractivity (Wildman–Crippen MR) is 227 cm³/mol. The predicted octanol–water partition coefficient (Wildman–Crippen LogP) is 13.3. The first-order valence-electron chi connectivity index (χ1n) is 18.7. The third-order valence-corrected chi connectivity index (χ3v) is 11.2. The largest absolute Gasteiger partial charge is 0.456 e. The summed E-state index contributed by atoms with van der Waals surface area (Å²) in [6.07, 6.45) is 4.09. The number of furan rings is 1. The molecule has 0 unspecified atom stereocenters. The molecule has 54 heavy (non-hydrogen) atoms. The maximum atomic E-state index is 6.41. The number of benzene rings is 7. The molecule has 0 spiro atoms. The van der Waals surface area contributed by atoms with Crippen LogP contribution in [-0.2, 0) is 0 Å². The molecule has 3 aromatic heterocycles. The molecular weight excluding hydrogens is 659 g/mol. The maximum absolute atomic E-state index is 6.41. The van der Waals surface area contributed by atoms with Crippen molar-refractivity contribution in [2.75, 3.05) is 0 Å². The Morgan fingerprint density at radius 3 is 1.80 bits per heavy atom. The van der Waals surface area contributed by atoms with Gasteiger partial charge in [-0.3, -0.25) is 4.57 Å². The molecule has 0 fully saturated rings. The molecular formula is C50H35N3O. The van der Waals surface area contributed by atoms with Crippen LogP contribution in [0.4, 0.5) is 0 Å². The van der Waals surface area contributed by atoms with Crippen molar-refractivity contribution in [1.29, 1.82) is 0 Å². The zero-order chi connectivity index (χ0) is 35.8. The summed E-state index contributed by atoms with van der Waals surface area (Å²) in [6, 6.07) is 58.5. The monoisotopic (exact) mass is 693 g/mol. The van der Waals surface area contributed by atoms with Crippen molar-refractivity contribution in [1.82, 2.24) is 9.13 Å². The van der Waals surface area contributed by atoms with E-state index in [1.54, 1.807) is 0 Å². The molecule has 1 aliphatic heterocycles. The number of fused-ring (bicyclic) bond motifs is 10. The van der Waals surface area contributed by atoms with Crippen LogP contribution >= 0.6 is 0 Å². The van der Waals surface area contributed by atoms with Crippen molar-refractivity contribution in [2.45, 2.75) is 19.8 Å². The van der Waals surface area contributed by atoms with Crippen molar-refractivity contribution in [3.63, 3.8) is 0 Å². The lowest BCUT2D eigenvalue weighted by Crippen LogP contribution is -2.13. The van der Waals surface area contributed by atoms with Crippen LogP contribution in [0.3, 0.4) is 0 Å². The molecule has 0 amide bonds. The standard InChI is InChI=1S/C50H35N3O/c1-32-24-25-35(34-26-27-40-39-20-10-13-23-45(39)54-46(40)30-34)31-47(51-48(32)33-14-4-2-5-15-33)53-44-22-12-9-19-38(44)42-29-28-41-37-18-8-11-21-43(37)52(49(41)50(42)53)36-16-6-3-7-17-36/h2-23,26-31H,24-25H2,1H3/b35-31+,48-32-,51-47-. The molecule has 1 aliphatic rings. The van der Waals surface area contributed by atoms with Gasteiger partial charge in [-0.2, -0.15) is 0 Å². The summed E-state index contributed by atoms with van der Waals surface area (Å²) in [5.41, 5.74) is 13.3. The Morgan fingerprint density at radius 1 is 0.481 bits per heavy atom. The molecule has 4 heteroatoms. The topological polar surface area (TPSA) is 35.4 Å². The smallest absolute Gasteiger partial charge is 0.138 e. The molecule has 4 nitrogen and oxygen atoms in total. The van der Waals surface area contributed by atoms with Gasteiger partial charge in [0.1, 0.15) is 17.0 Å². The summed E-state index contributed by atoms with van der Waals surface area (Å²) in [5, 5.41) is 7.11. The molecule has 256 valence electrons. The third-order valence-electron chi connectivity index (χ3n) is 11.2. The van der Waals surface area contributed by atoms with Crippen molar-refractivity contribution < 1.29 is 4.42 Å². The molecule has 0 radical (unpaired) electrons. The molecule has 0 saturated heterocycles. The number of rotatable bonds is 3. The maximum Gasteiger partial charge on any atom is 0.138 e. The van der Waals surface area contributed by atoms with E-state index >= 15 is 0 Å². The lowest BCUT2D eigenvalue weighted by Gasteiger charge is -2.19. The number of hydrogen-bond acceptors (Lipinski definition) is 2. The van der Waals surface area contributed by atoms with E-state index in [-0.39, 0.29) is 0 Å². The fourth-order valence-corrected chi connectivity index (χ4v) is 8.67. The minimum atomic E-state index is 0.865. The van der Waals surface area contributed by atoms with Crippen molar-refractivity contribution >= 4 is 82.7 Å². The van der Waals surface area contributed by atoms with Crippen molar-refractivity contribution in [3.8, 4) is 5.69 Å². The number of hydrogen-bond donors (Lipinski definition) is 0. The molecule has 0 N–H and O–H groups in total. The fourth-order valence-electron chi connectivity index (χ4n) is 8.67. The highest BCUT2D eigenvalue weighted by Crippen LogP contribution is 2.42. The third kappa shape index (κ3) is 4.66. The van der Waals surface area contributed by atoms with E-state index in [1.807, 2.05) is 12.1 Å². The van der Waals surface area contributed by atoms with Gasteiger partial charge in [-0.25, -0.2) is 4.99 Å². The highest BCUT2D eigenvalue weighted by molar-refractivity contribution is 6.27. The van der Waals surface area contributed by atoms with Gasteiger partial charge in [-0.1, -0.05) is 121 Å². The van der Waals surface area contributed by atoms with Gasteiger partial charge in [-0.05, 0) is 85.0 Å². The van der Waals surface area contributed by atoms with E-state index in [1.165, 1.54) is 43.7 Å². The first kappa shape index (κ1) is 30.7. The van der Waals surface area contributed by atoms with E-state index in [9.17, 15) is 0 Å². The van der Waals surface area contributed by atoms with Crippen LogP contribution in [0.15, 0.2) is 185 Å². The minimum absolute atomic E-state index is 0.865. The Bertz CT molecular complexity index is 3210. The first-order chi connectivity index (χ1) is 26.7. The summed E-state index contributed by atoms with van der Waals surface area (Å²) in [6.45, 7) is 2.24. The van der Waals surface area contributed by atoms with E-state index in [2.05, 4.69) is 174 Å². The average Bonchev–Trinajstić information content (AvgIpc) is 3.88. The van der Waals surface area contributed by atoms with Crippen molar-refractivity contribution in [3.05, 3.63) is 187 Å². The summed E-state index contributed by atoms with van der Waals surface area (Å²) in [5.74, 6) is 0.885. The second-order valence-corrected chi connectivity index (χ2v) is 14.3. The van der Waals surface area contributed by atoms with Gasteiger partial charge >= 0.3 is 0 Å². The van der Waals surface area contributed by atoms with Gasteiger partial charge in [-0.15, -0.1) is 0 Å². The quantitative estimate of drug-likeness (QED) is 0.181. The van der Waals surface area contributed by atoms with Crippen LogP contribution in [0, 0.1) is 0 Å². The number of aliphatic imine (C=N–C) groups is 1. The number of aromatic nitrogens is 2. The highest BCUT2D eigenvalue weighted by atomic mass is 16.3. The lowest BCUT2D eigenvalue weighted by molar-refractivity contribution is 0.669. The van der Waals surface area contributed by atoms with Gasteiger partial charge in [0.25, 0.3) is 0 Å². The second-order valence-electron chi connectivity index (χ2n) is 14.3. The zero-order valence-electron chi connectivity index (χ0n) is 29.8. The van der Waals surface area contributed by atoms with Crippen molar-refractivity contribution in [2.24, 2.45) is 4.99 Å². The van der Waals surface area contributed by atoms with Crippen LogP contribution in [-0.4, -0.2) is 15.0 Å². The van der Waals surface area contributed by atoms with E-state index < -0.39 is 0 Å². The van der Waals surface area contributed by atoms with Crippen LogP contribution in [0.25, 0.3) is 82.5 Å². The second kappa shape index (κ2) is 12.1. The molecule has 0 bridgehead atoms. The first-order valence-corrected chi connectivity index (χ1v) is 18.7. The summed E-state index contributed by atoms with van der Waals surface area (Å²) in [7, 11) is 0. The van der Waals surface area contributed by atoms with E-state index in [0.29, 0.717) is 0 Å². The number of nitrogens with zero attached hydrogens (tertiary/aromatic N) is 3. The van der Waals surface area contributed by atoms with Gasteiger partial charge in [0.2, 0.25) is 0 Å². The Balaban J connectivity index is 1.26. The highest BCUT2D eigenvalue weighted by Gasteiger charge is 2.24. The molecule has 0 atom stereocenters. The SMILES string of the molecule is C/C1=C(c2ccccc2)/N=C(n2c3ccccc3c3ccc4c5ccccc5n(-c5ccccc5)c4c32)/C=C(/c2ccc3c(c2)oc2ccccc23)CC1. The minimum Gasteiger partial charge on any atom is -0.456 e. The normalized spacial score (nSPS) is 17.3. The Kier molecular flexibility index (Phi) is 6.86. The Labute approximate surface area is 312 Å². The molecule has 0 saturated carbocycles. The Hall–Kier alpha value is -6.91. The van der Waals surface area contributed by atoms with Gasteiger partial charge in [0, 0.05) is 43.6 Å². The lowest BCUT2D eigenvalue weighted by atomic mass is 9.94. The molecule has 10 aromatic rings. The summed E-state index contributed by atoms with van der Waals surface area (Å²) >= 11 is 0. The van der Waals surface area contributed by atoms with Crippen LogP contribution in [0.5, 0.6) is 0 Å².